The molecule has 9 nitrogen and oxygen atoms in total. The number of benzene rings is 2. The molecule has 2 aromatic carbocycles. The number of hydrogen-bond donors (Lipinski definition) is 3. The van der Waals surface area contributed by atoms with Crippen LogP contribution in [0.15, 0.2) is 47.8 Å². The number of hydrogen-bond acceptors (Lipinski definition) is 5. The van der Waals surface area contributed by atoms with Crippen molar-refractivity contribution in [1.82, 2.24) is 29.9 Å². The van der Waals surface area contributed by atoms with Gasteiger partial charge >= 0.3 is 0 Å². The average molecular weight is 487 g/mol. The zero-order chi connectivity index (χ0) is 24.2. The maximum Gasteiger partial charge on any atom is 0.265 e. The molecule has 3 N–H and O–H groups in total. The van der Waals surface area contributed by atoms with E-state index in [0.717, 1.165) is 12.1 Å². The van der Waals surface area contributed by atoms with E-state index in [4.69, 9.17) is 0 Å². The van der Waals surface area contributed by atoms with Crippen LogP contribution < -0.4 is 4.72 Å². The fourth-order valence-electron chi connectivity index (χ4n) is 3.74. The minimum Gasteiger partial charge on any atom is -0.343 e. The third kappa shape index (κ3) is 3.41. The molecule has 13 heteroatoms. The van der Waals surface area contributed by atoms with Crippen molar-refractivity contribution in [2.45, 2.75) is 11.8 Å². The second kappa shape index (κ2) is 7.73. The maximum atomic E-state index is 15.4. The summed E-state index contributed by atoms with van der Waals surface area (Å²) in [6.07, 6.45) is 4.34. The summed E-state index contributed by atoms with van der Waals surface area (Å²) in [6.45, 7) is 1.48. The van der Waals surface area contributed by atoms with E-state index in [2.05, 4.69) is 30.0 Å². The molecule has 0 bridgehead atoms. The van der Waals surface area contributed by atoms with Crippen LogP contribution in [-0.4, -0.2) is 38.4 Å². The van der Waals surface area contributed by atoms with E-state index >= 15 is 8.78 Å². The summed E-state index contributed by atoms with van der Waals surface area (Å²) in [5, 5.41) is 10.9. The highest BCUT2D eigenvalue weighted by Gasteiger charge is 2.26. The molecule has 0 atom stereocenters. The SMILES string of the molecule is Cc1nn(C)cc1S(=O)(=O)Nc1ccc(F)c(-c2ccc3c(-c4ncc[nH]4)[nH]nc3c2F)c1F. The Bertz CT molecular complexity index is 1660. The van der Waals surface area contributed by atoms with Gasteiger partial charge in [0.2, 0.25) is 0 Å². The molecule has 0 saturated carbocycles. The summed E-state index contributed by atoms with van der Waals surface area (Å²) in [5.74, 6) is -2.91. The van der Waals surface area contributed by atoms with Crippen molar-refractivity contribution >= 4 is 26.6 Å². The molecule has 3 heterocycles. The molecule has 5 rings (SSSR count). The Kier molecular flexibility index (Phi) is 4.93. The highest BCUT2D eigenvalue weighted by atomic mass is 32.2. The molecule has 0 radical (unpaired) electrons. The van der Waals surface area contributed by atoms with Gasteiger partial charge in [-0.25, -0.2) is 26.6 Å². The molecular formula is C21H16F3N7O2S. The number of anilines is 1. The molecule has 0 aliphatic rings. The summed E-state index contributed by atoms with van der Waals surface area (Å²) in [4.78, 5) is 6.78. The first-order valence-corrected chi connectivity index (χ1v) is 11.3. The summed E-state index contributed by atoms with van der Waals surface area (Å²) in [5.41, 5.74) is -1.25. The van der Waals surface area contributed by atoms with Crippen molar-refractivity contribution in [2.24, 2.45) is 7.05 Å². The van der Waals surface area contributed by atoms with Gasteiger partial charge < -0.3 is 4.98 Å². The van der Waals surface area contributed by atoms with Crippen LogP contribution in [0.1, 0.15) is 5.69 Å². The predicted molar refractivity (Wildman–Crippen MR) is 118 cm³/mol. The average Bonchev–Trinajstić information content (AvgIpc) is 3.51. The molecule has 5 aromatic rings. The Balaban J connectivity index is 1.61. The fourth-order valence-corrected chi connectivity index (χ4v) is 5.02. The molecule has 34 heavy (non-hydrogen) atoms. The first-order chi connectivity index (χ1) is 16.2. The van der Waals surface area contributed by atoms with E-state index in [1.807, 2.05) is 0 Å². The van der Waals surface area contributed by atoms with Crippen molar-refractivity contribution in [3.63, 3.8) is 0 Å². The lowest BCUT2D eigenvalue weighted by molar-refractivity contribution is 0.583. The molecule has 174 valence electrons. The zero-order valence-electron chi connectivity index (χ0n) is 17.7. The Morgan fingerprint density at radius 2 is 1.88 bits per heavy atom. The normalized spacial score (nSPS) is 11.9. The molecule has 0 unspecified atom stereocenters. The van der Waals surface area contributed by atoms with E-state index in [1.54, 1.807) is 6.20 Å². The summed E-state index contributed by atoms with van der Waals surface area (Å²) >= 11 is 0. The first kappa shape index (κ1) is 21.7. The van der Waals surface area contributed by atoms with Crippen LogP contribution in [0.4, 0.5) is 18.9 Å². The fraction of sp³-hybridized carbons (Fsp3) is 0.0952. The van der Waals surface area contributed by atoms with Gasteiger partial charge in [0, 0.05) is 36.6 Å². The Labute approximate surface area is 190 Å². The lowest BCUT2D eigenvalue weighted by Crippen LogP contribution is -2.15. The van der Waals surface area contributed by atoms with Gasteiger partial charge in [-0.2, -0.15) is 10.2 Å². The monoisotopic (exact) mass is 487 g/mol. The van der Waals surface area contributed by atoms with Crippen LogP contribution >= 0.6 is 0 Å². The Morgan fingerprint density at radius 1 is 1.09 bits per heavy atom. The van der Waals surface area contributed by atoms with E-state index in [9.17, 15) is 12.8 Å². The topological polar surface area (TPSA) is 121 Å². The lowest BCUT2D eigenvalue weighted by Gasteiger charge is -2.13. The molecule has 0 aliphatic carbocycles. The maximum absolute atomic E-state index is 15.4. The van der Waals surface area contributed by atoms with Crippen LogP contribution in [0.25, 0.3) is 33.5 Å². The second-order valence-electron chi connectivity index (χ2n) is 7.50. The largest absolute Gasteiger partial charge is 0.343 e. The molecule has 0 saturated heterocycles. The third-order valence-electron chi connectivity index (χ3n) is 5.26. The van der Waals surface area contributed by atoms with Gasteiger partial charge in [-0.1, -0.05) is 6.07 Å². The van der Waals surface area contributed by atoms with Crippen molar-refractivity contribution in [3.05, 3.63) is 66.0 Å². The number of aromatic amines is 2. The summed E-state index contributed by atoms with van der Waals surface area (Å²) < 4.78 is 74.4. The molecule has 0 fully saturated rings. The van der Waals surface area contributed by atoms with Crippen LogP contribution in [0.3, 0.4) is 0 Å². The number of imidazole rings is 1. The predicted octanol–water partition coefficient (Wildman–Crippen LogP) is 3.88. The minimum atomic E-state index is -4.24. The van der Waals surface area contributed by atoms with Gasteiger partial charge in [0.05, 0.1) is 16.9 Å². The van der Waals surface area contributed by atoms with E-state index in [0.29, 0.717) is 16.9 Å². The van der Waals surface area contributed by atoms with Gasteiger partial charge in [-0.15, -0.1) is 0 Å². The number of rotatable bonds is 5. The number of aryl methyl sites for hydroxylation is 2. The number of sulfonamides is 1. The second-order valence-corrected chi connectivity index (χ2v) is 9.15. The third-order valence-corrected chi connectivity index (χ3v) is 6.73. The van der Waals surface area contributed by atoms with Crippen molar-refractivity contribution < 1.29 is 21.6 Å². The molecule has 0 amide bonds. The van der Waals surface area contributed by atoms with Gasteiger partial charge in [0.15, 0.2) is 17.5 Å². The van der Waals surface area contributed by atoms with Crippen LogP contribution in [0, 0.1) is 24.4 Å². The van der Waals surface area contributed by atoms with Gasteiger partial charge in [0.1, 0.15) is 21.9 Å². The highest BCUT2D eigenvalue weighted by molar-refractivity contribution is 7.92. The van der Waals surface area contributed by atoms with Crippen LogP contribution in [0.5, 0.6) is 0 Å². The van der Waals surface area contributed by atoms with E-state index in [1.165, 1.54) is 43.2 Å². The van der Waals surface area contributed by atoms with Crippen molar-refractivity contribution in [3.8, 4) is 22.6 Å². The van der Waals surface area contributed by atoms with Gasteiger partial charge in [-0.05, 0) is 25.1 Å². The lowest BCUT2D eigenvalue weighted by atomic mass is 10.0. The Hall–Kier alpha value is -4.13. The number of nitrogens with one attached hydrogen (secondary N) is 3. The smallest absolute Gasteiger partial charge is 0.265 e. The number of fused-ring (bicyclic) bond motifs is 1. The summed E-state index contributed by atoms with van der Waals surface area (Å²) in [7, 11) is -2.71. The minimum absolute atomic E-state index is 0.153. The van der Waals surface area contributed by atoms with E-state index in [-0.39, 0.29) is 16.1 Å². The standard InChI is InChI=1S/C21H16F3N7O2S/c1-10-15(9-31(2)29-10)34(32,33)30-14-6-5-13(22)16(18(14)24)11-3-4-12-19(17(11)23)27-28-20(12)21-25-7-8-26-21/h3-9,30H,1-2H3,(H,25,26)(H,27,28). The van der Waals surface area contributed by atoms with Crippen molar-refractivity contribution in [2.75, 3.05) is 4.72 Å². The quantitative estimate of drug-likeness (QED) is 0.347. The summed E-state index contributed by atoms with van der Waals surface area (Å²) in [6, 6.07) is 4.43. The first-order valence-electron chi connectivity index (χ1n) is 9.85. The number of aromatic nitrogens is 6. The van der Waals surface area contributed by atoms with Gasteiger partial charge in [0.25, 0.3) is 10.0 Å². The van der Waals surface area contributed by atoms with Crippen LogP contribution in [0.2, 0.25) is 0 Å². The van der Waals surface area contributed by atoms with Crippen LogP contribution in [-0.2, 0) is 17.1 Å². The number of halogens is 3. The molecule has 0 aliphatic heterocycles. The number of nitrogens with zero attached hydrogens (tertiary/aromatic N) is 4. The molecule has 3 aromatic heterocycles. The Morgan fingerprint density at radius 3 is 2.56 bits per heavy atom. The zero-order valence-corrected chi connectivity index (χ0v) is 18.5. The molecule has 0 spiro atoms. The highest BCUT2D eigenvalue weighted by Crippen LogP contribution is 2.37. The van der Waals surface area contributed by atoms with Gasteiger partial charge in [-0.3, -0.25) is 14.5 Å². The van der Waals surface area contributed by atoms with Crippen molar-refractivity contribution in [1.29, 1.82) is 0 Å². The number of H-pyrrole nitrogens is 2. The van der Waals surface area contributed by atoms with E-state index < -0.39 is 44.3 Å². The molecular weight excluding hydrogens is 471 g/mol.